The summed E-state index contributed by atoms with van der Waals surface area (Å²) in [5, 5.41) is 2.85. The molecule has 0 saturated carbocycles. The maximum Gasteiger partial charge on any atom is 0.144 e. The van der Waals surface area contributed by atoms with Crippen LogP contribution >= 0.6 is 31.9 Å². The first kappa shape index (κ1) is 10.4. The molecule has 0 aromatic carbocycles. The van der Waals surface area contributed by atoms with Crippen molar-refractivity contribution in [3.63, 3.8) is 0 Å². The van der Waals surface area contributed by atoms with Crippen LogP contribution < -0.4 is 5.32 Å². The van der Waals surface area contributed by atoms with Crippen molar-refractivity contribution in [3.8, 4) is 0 Å². The van der Waals surface area contributed by atoms with Gasteiger partial charge in [-0.3, -0.25) is 4.79 Å². The van der Waals surface area contributed by atoms with Gasteiger partial charge in [0.15, 0.2) is 0 Å². The molecule has 3 nitrogen and oxygen atoms in total. The van der Waals surface area contributed by atoms with Gasteiger partial charge in [0, 0.05) is 16.9 Å². The van der Waals surface area contributed by atoms with E-state index in [0.717, 1.165) is 8.95 Å². The van der Waals surface area contributed by atoms with Crippen molar-refractivity contribution in [1.29, 1.82) is 0 Å². The number of allylic oxidation sites excluding steroid dienone is 1. The third-order valence-electron chi connectivity index (χ3n) is 1.20. The van der Waals surface area contributed by atoms with Crippen LogP contribution in [0.1, 0.15) is 0 Å². The first-order valence-corrected chi connectivity index (χ1v) is 5.00. The number of hydrogen-bond donors (Lipinski definition) is 1. The molecular formula is C8H6Br2N2O. The molecule has 5 heteroatoms. The fraction of sp³-hybridized carbons (Fsp3) is 0. The predicted octanol–water partition coefficient (Wildman–Crippen LogP) is 2.73. The Kier molecular flexibility index (Phi) is 4.11. The lowest BCUT2D eigenvalue weighted by molar-refractivity contribution is -0.104. The van der Waals surface area contributed by atoms with Gasteiger partial charge >= 0.3 is 0 Å². The number of halogens is 2. The molecule has 0 aliphatic heterocycles. The summed E-state index contributed by atoms with van der Waals surface area (Å²) < 4.78 is 1.72. The van der Waals surface area contributed by atoms with Crippen LogP contribution in [0.2, 0.25) is 0 Å². The molecule has 0 unspecified atom stereocenters. The van der Waals surface area contributed by atoms with Crippen LogP contribution in [0.5, 0.6) is 0 Å². The van der Waals surface area contributed by atoms with Crippen molar-refractivity contribution in [2.75, 3.05) is 5.32 Å². The molecule has 0 amide bonds. The largest absolute Gasteiger partial charge is 0.346 e. The number of hydrogen-bond acceptors (Lipinski definition) is 3. The summed E-state index contributed by atoms with van der Waals surface area (Å²) in [5.41, 5.74) is 0. The summed E-state index contributed by atoms with van der Waals surface area (Å²) >= 11 is 6.61. The van der Waals surface area contributed by atoms with E-state index in [1.807, 2.05) is 6.07 Å². The number of aldehydes is 1. The average molecular weight is 306 g/mol. The second kappa shape index (κ2) is 5.14. The number of rotatable bonds is 3. The van der Waals surface area contributed by atoms with E-state index in [1.54, 1.807) is 6.20 Å². The summed E-state index contributed by atoms with van der Waals surface area (Å²) in [5.74, 6) is 0.668. The van der Waals surface area contributed by atoms with Crippen molar-refractivity contribution in [2.45, 2.75) is 0 Å². The number of anilines is 1. The Labute approximate surface area is 92.5 Å². The number of pyridine rings is 1. The number of carbonyl (C=O) groups excluding carboxylic acids is 1. The van der Waals surface area contributed by atoms with Gasteiger partial charge in [-0.15, -0.1) is 0 Å². The first-order valence-electron chi connectivity index (χ1n) is 3.42. The van der Waals surface area contributed by atoms with E-state index in [1.165, 1.54) is 12.3 Å². The Balaban J connectivity index is 2.77. The Morgan fingerprint density at radius 3 is 2.85 bits per heavy atom. The van der Waals surface area contributed by atoms with Crippen LogP contribution in [-0.2, 0) is 4.79 Å². The Morgan fingerprint density at radius 1 is 1.46 bits per heavy atom. The maximum atomic E-state index is 9.97. The van der Waals surface area contributed by atoms with Crippen molar-refractivity contribution < 1.29 is 4.79 Å². The van der Waals surface area contributed by atoms with Crippen LogP contribution in [0, 0.1) is 0 Å². The van der Waals surface area contributed by atoms with Gasteiger partial charge in [0.2, 0.25) is 0 Å². The lowest BCUT2D eigenvalue weighted by atomic mass is 10.4. The number of nitrogens with zero attached hydrogens (tertiary/aromatic N) is 1. The number of aromatic nitrogens is 1. The highest BCUT2D eigenvalue weighted by molar-refractivity contribution is 9.11. The van der Waals surface area contributed by atoms with E-state index in [9.17, 15) is 4.79 Å². The molecule has 0 spiro atoms. The van der Waals surface area contributed by atoms with Gasteiger partial charge in [-0.1, -0.05) is 0 Å². The van der Waals surface area contributed by atoms with E-state index >= 15 is 0 Å². The predicted molar refractivity (Wildman–Crippen MR) is 58.5 cm³/mol. The minimum absolute atomic E-state index is 0.668. The van der Waals surface area contributed by atoms with Crippen LogP contribution in [0.25, 0.3) is 0 Å². The third-order valence-corrected chi connectivity index (χ3v) is 2.24. The lowest BCUT2D eigenvalue weighted by Crippen LogP contribution is -1.92. The van der Waals surface area contributed by atoms with E-state index < -0.39 is 0 Å². The van der Waals surface area contributed by atoms with E-state index in [4.69, 9.17) is 0 Å². The number of nitrogens with one attached hydrogen (secondary N) is 1. The normalized spacial score (nSPS) is 10.3. The van der Waals surface area contributed by atoms with Crippen LogP contribution in [0.4, 0.5) is 5.82 Å². The average Bonchev–Trinajstić information content (AvgIpc) is 2.09. The van der Waals surface area contributed by atoms with Gasteiger partial charge < -0.3 is 5.32 Å². The van der Waals surface area contributed by atoms with Crippen molar-refractivity contribution in [1.82, 2.24) is 4.98 Å². The molecule has 0 radical (unpaired) electrons. The molecule has 13 heavy (non-hydrogen) atoms. The van der Waals surface area contributed by atoms with Gasteiger partial charge in [0.05, 0.1) is 4.47 Å². The minimum Gasteiger partial charge on any atom is -0.346 e. The zero-order valence-electron chi connectivity index (χ0n) is 6.50. The van der Waals surface area contributed by atoms with Crippen LogP contribution in [0.3, 0.4) is 0 Å². The Morgan fingerprint density at radius 2 is 2.23 bits per heavy atom. The molecule has 68 valence electrons. The van der Waals surface area contributed by atoms with E-state index in [2.05, 4.69) is 42.2 Å². The molecular weight excluding hydrogens is 300 g/mol. The van der Waals surface area contributed by atoms with E-state index in [0.29, 0.717) is 12.1 Å². The highest BCUT2D eigenvalue weighted by atomic mass is 79.9. The lowest BCUT2D eigenvalue weighted by Gasteiger charge is -2.01. The highest BCUT2D eigenvalue weighted by Crippen LogP contribution is 2.23. The molecule has 0 bridgehead atoms. The fourth-order valence-corrected chi connectivity index (χ4v) is 1.79. The molecule has 1 N–H and O–H groups in total. The summed E-state index contributed by atoms with van der Waals surface area (Å²) in [7, 11) is 0. The molecule has 1 rings (SSSR count). The topological polar surface area (TPSA) is 42.0 Å². The first-order chi connectivity index (χ1) is 6.24. The summed E-state index contributed by atoms with van der Waals surface area (Å²) in [4.78, 5) is 14.0. The maximum absolute atomic E-state index is 9.97. The second-order valence-electron chi connectivity index (χ2n) is 2.12. The van der Waals surface area contributed by atoms with Crippen LogP contribution in [-0.4, -0.2) is 11.3 Å². The van der Waals surface area contributed by atoms with Crippen molar-refractivity contribution in [3.05, 3.63) is 33.5 Å². The summed E-state index contributed by atoms with van der Waals surface area (Å²) in [6.45, 7) is 0. The summed E-state index contributed by atoms with van der Waals surface area (Å²) in [6, 6.07) is 1.87. The minimum atomic E-state index is 0.668. The fourth-order valence-electron chi connectivity index (χ4n) is 0.687. The Bertz CT molecular complexity index is 339. The summed E-state index contributed by atoms with van der Waals surface area (Å²) in [6.07, 6.45) is 5.24. The van der Waals surface area contributed by atoms with E-state index in [-0.39, 0.29) is 0 Å². The molecule has 0 aliphatic rings. The molecule has 0 atom stereocenters. The zero-order chi connectivity index (χ0) is 9.68. The second-order valence-corrected chi connectivity index (χ2v) is 3.89. The van der Waals surface area contributed by atoms with Crippen LogP contribution in [0.15, 0.2) is 33.5 Å². The molecule has 1 aromatic heterocycles. The number of carbonyl (C=O) groups is 1. The molecule has 0 fully saturated rings. The third kappa shape index (κ3) is 3.28. The van der Waals surface area contributed by atoms with Gasteiger partial charge in [-0.05, 0) is 44.0 Å². The molecule has 1 heterocycles. The monoisotopic (exact) mass is 304 g/mol. The standard InChI is InChI=1S/C8H6Br2N2O/c9-6-4-7(10)8(12-5-6)11-2-1-3-13/h1-5H,(H,11,12). The molecule has 1 aromatic rings. The quantitative estimate of drug-likeness (QED) is 0.689. The van der Waals surface area contributed by atoms with Gasteiger partial charge in [-0.2, -0.15) is 0 Å². The smallest absolute Gasteiger partial charge is 0.144 e. The molecule has 0 aliphatic carbocycles. The van der Waals surface area contributed by atoms with Crippen molar-refractivity contribution >= 4 is 44.0 Å². The van der Waals surface area contributed by atoms with Gasteiger partial charge in [0.25, 0.3) is 0 Å². The molecule has 0 saturated heterocycles. The van der Waals surface area contributed by atoms with Gasteiger partial charge in [0.1, 0.15) is 12.1 Å². The SMILES string of the molecule is O=CC=CNc1ncc(Br)cc1Br. The van der Waals surface area contributed by atoms with Gasteiger partial charge in [-0.25, -0.2) is 4.98 Å². The Hall–Kier alpha value is -0.680. The zero-order valence-corrected chi connectivity index (χ0v) is 9.67. The highest BCUT2D eigenvalue weighted by Gasteiger charge is 1.98. The van der Waals surface area contributed by atoms with Crippen molar-refractivity contribution in [2.24, 2.45) is 0 Å².